The average Bonchev–Trinajstić information content (AvgIpc) is 2.45. The van der Waals surface area contributed by atoms with Crippen LogP contribution in [0.2, 0.25) is 0 Å². The zero-order chi connectivity index (χ0) is 16.3. The maximum Gasteiger partial charge on any atom is 0.315 e. The van der Waals surface area contributed by atoms with Gasteiger partial charge < -0.3 is 10.6 Å². The van der Waals surface area contributed by atoms with Gasteiger partial charge in [0.25, 0.3) is 0 Å². The van der Waals surface area contributed by atoms with Crippen molar-refractivity contribution in [2.45, 2.75) is 37.6 Å². The molecule has 0 unspecified atom stereocenters. The Morgan fingerprint density at radius 2 is 1.91 bits per heavy atom. The zero-order valence-electron chi connectivity index (χ0n) is 13.2. The smallest absolute Gasteiger partial charge is 0.315 e. The van der Waals surface area contributed by atoms with E-state index in [2.05, 4.69) is 34.9 Å². The van der Waals surface area contributed by atoms with Gasteiger partial charge in [-0.3, -0.25) is 0 Å². The van der Waals surface area contributed by atoms with Gasteiger partial charge in [0.05, 0.1) is 11.5 Å². The molecule has 3 rings (SSSR count). The lowest BCUT2D eigenvalue weighted by Gasteiger charge is -2.36. The second-order valence-electron chi connectivity index (χ2n) is 6.75. The van der Waals surface area contributed by atoms with Crippen molar-refractivity contribution in [1.82, 2.24) is 10.6 Å². The lowest BCUT2D eigenvalue weighted by atomic mass is 9.71. The number of rotatable bonds is 4. The van der Waals surface area contributed by atoms with Gasteiger partial charge in [-0.1, -0.05) is 30.3 Å². The van der Waals surface area contributed by atoms with Crippen LogP contribution in [0.4, 0.5) is 4.79 Å². The molecule has 6 heteroatoms. The predicted molar refractivity (Wildman–Crippen MR) is 90.1 cm³/mol. The first-order chi connectivity index (χ1) is 11.0. The Labute approximate surface area is 137 Å². The fraction of sp³-hybridized carbons (Fsp3) is 0.588. The van der Waals surface area contributed by atoms with Gasteiger partial charge in [0.1, 0.15) is 0 Å². The van der Waals surface area contributed by atoms with Crippen LogP contribution in [0.5, 0.6) is 0 Å². The van der Waals surface area contributed by atoms with Crippen LogP contribution in [-0.4, -0.2) is 38.5 Å². The maximum atomic E-state index is 11.9. The molecule has 0 radical (unpaired) electrons. The van der Waals surface area contributed by atoms with Gasteiger partial charge in [-0.15, -0.1) is 0 Å². The van der Waals surface area contributed by atoms with Crippen LogP contribution >= 0.6 is 0 Å². The molecule has 1 saturated carbocycles. The largest absolute Gasteiger partial charge is 0.338 e. The quantitative estimate of drug-likeness (QED) is 0.884. The SMILES string of the molecule is O=C(NCC1CC(c2ccccc2)C1)N[C@@H]1CCCS(=O)(=O)C1. The van der Waals surface area contributed by atoms with Crippen LogP contribution in [0.3, 0.4) is 0 Å². The van der Waals surface area contributed by atoms with Crippen molar-refractivity contribution in [3.63, 3.8) is 0 Å². The Morgan fingerprint density at radius 1 is 1.17 bits per heavy atom. The van der Waals surface area contributed by atoms with Crippen molar-refractivity contribution in [2.24, 2.45) is 5.92 Å². The van der Waals surface area contributed by atoms with Crippen molar-refractivity contribution in [3.05, 3.63) is 35.9 Å². The minimum absolute atomic E-state index is 0.0694. The lowest BCUT2D eigenvalue weighted by Crippen LogP contribution is -2.48. The highest BCUT2D eigenvalue weighted by atomic mass is 32.2. The molecule has 23 heavy (non-hydrogen) atoms. The summed E-state index contributed by atoms with van der Waals surface area (Å²) in [7, 11) is -2.98. The molecule has 126 valence electrons. The van der Waals surface area contributed by atoms with Crippen LogP contribution in [0.1, 0.15) is 37.2 Å². The Kier molecular flexibility index (Phi) is 4.90. The summed E-state index contributed by atoms with van der Waals surface area (Å²) >= 11 is 0. The molecule has 0 spiro atoms. The molecule has 1 aliphatic heterocycles. The molecule has 1 saturated heterocycles. The normalized spacial score (nSPS) is 29.3. The van der Waals surface area contributed by atoms with E-state index in [1.807, 2.05) is 6.07 Å². The Morgan fingerprint density at radius 3 is 2.61 bits per heavy atom. The number of nitrogens with one attached hydrogen (secondary N) is 2. The summed E-state index contributed by atoms with van der Waals surface area (Å²) in [6.07, 6.45) is 3.57. The minimum atomic E-state index is -2.98. The van der Waals surface area contributed by atoms with E-state index in [1.54, 1.807) is 0 Å². The van der Waals surface area contributed by atoms with E-state index < -0.39 is 9.84 Å². The number of carbonyl (C=O) groups is 1. The summed E-state index contributed by atoms with van der Waals surface area (Å²) < 4.78 is 23.1. The molecule has 1 heterocycles. The molecule has 2 fully saturated rings. The summed E-state index contributed by atoms with van der Waals surface area (Å²) in [6, 6.07) is 9.98. The Balaban J connectivity index is 1.36. The number of sulfone groups is 1. The first-order valence-corrected chi connectivity index (χ1v) is 10.1. The molecule has 2 amide bonds. The van der Waals surface area contributed by atoms with Crippen molar-refractivity contribution in [3.8, 4) is 0 Å². The van der Waals surface area contributed by atoms with Crippen molar-refractivity contribution in [1.29, 1.82) is 0 Å². The van der Waals surface area contributed by atoms with Crippen LogP contribution in [0, 0.1) is 5.92 Å². The van der Waals surface area contributed by atoms with E-state index in [4.69, 9.17) is 0 Å². The summed E-state index contributed by atoms with van der Waals surface area (Å²) in [4.78, 5) is 11.9. The minimum Gasteiger partial charge on any atom is -0.338 e. The monoisotopic (exact) mass is 336 g/mol. The molecule has 0 aromatic heterocycles. The van der Waals surface area contributed by atoms with Gasteiger partial charge in [0.2, 0.25) is 0 Å². The number of urea groups is 1. The van der Waals surface area contributed by atoms with Crippen molar-refractivity contribution >= 4 is 15.9 Å². The molecule has 1 aromatic carbocycles. The van der Waals surface area contributed by atoms with E-state index >= 15 is 0 Å². The molecular formula is C17H24N2O3S. The van der Waals surface area contributed by atoms with E-state index in [0.29, 0.717) is 24.8 Å². The standard InChI is InChI=1S/C17H24N2O3S/c20-17(19-16-7-4-8-23(21,22)12-16)18-11-13-9-15(10-13)14-5-2-1-3-6-14/h1-3,5-6,13,15-16H,4,7-12H2,(H2,18,19,20)/t13?,15?,16-/m1/s1. The summed E-state index contributed by atoms with van der Waals surface area (Å²) in [5.74, 6) is 1.44. The van der Waals surface area contributed by atoms with Crippen LogP contribution < -0.4 is 10.6 Å². The topological polar surface area (TPSA) is 75.3 Å². The molecule has 1 atom stereocenters. The van der Waals surface area contributed by atoms with Crippen LogP contribution in [-0.2, 0) is 9.84 Å². The first kappa shape index (κ1) is 16.3. The summed E-state index contributed by atoms with van der Waals surface area (Å²) in [5, 5.41) is 5.68. The third-order valence-electron chi connectivity index (χ3n) is 4.86. The fourth-order valence-corrected chi connectivity index (χ4v) is 5.15. The predicted octanol–water partition coefficient (Wildman–Crippen LogP) is 2.06. The second kappa shape index (κ2) is 6.91. The number of carbonyl (C=O) groups excluding carboxylic acids is 1. The number of benzene rings is 1. The van der Waals surface area contributed by atoms with E-state index in [-0.39, 0.29) is 23.6 Å². The number of hydrogen-bond donors (Lipinski definition) is 2. The highest BCUT2D eigenvalue weighted by molar-refractivity contribution is 7.91. The van der Waals surface area contributed by atoms with E-state index in [1.165, 1.54) is 5.56 Å². The molecule has 5 nitrogen and oxygen atoms in total. The summed E-state index contributed by atoms with van der Waals surface area (Å²) in [5.41, 5.74) is 1.38. The van der Waals surface area contributed by atoms with Crippen molar-refractivity contribution in [2.75, 3.05) is 18.1 Å². The van der Waals surface area contributed by atoms with E-state index in [9.17, 15) is 13.2 Å². The number of amides is 2. The first-order valence-electron chi connectivity index (χ1n) is 8.31. The van der Waals surface area contributed by atoms with Gasteiger partial charge in [-0.2, -0.15) is 0 Å². The van der Waals surface area contributed by atoms with Crippen LogP contribution in [0.25, 0.3) is 0 Å². The van der Waals surface area contributed by atoms with Gasteiger partial charge in [0, 0.05) is 12.6 Å². The maximum absolute atomic E-state index is 11.9. The van der Waals surface area contributed by atoms with E-state index in [0.717, 1.165) is 19.3 Å². The Bertz CT molecular complexity index is 639. The molecular weight excluding hydrogens is 312 g/mol. The highest BCUT2D eigenvalue weighted by Crippen LogP contribution is 2.40. The van der Waals surface area contributed by atoms with Crippen LogP contribution in [0.15, 0.2) is 30.3 Å². The Hall–Kier alpha value is -1.56. The van der Waals surface area contributed by atoms with Gasteiger partial charge in [-0.05, 0) is 43.1 Å². The molecule has 1 aromatic rings. The van der Waals surface area contributed by atoms with Gasteiger partial charge in [-0.25, -0.2) is 13.2 Å². The molecule has 0 bridgehead atoms. The third-order valence-corrected chi connectivity index (χ3v) is 6.68. The number of hydrogen-bond acceptors (Lipinski definition) is 3. The van der Waals surface area contributed by atoms with Gasteiger partial charge >= 0.3 is 6.03 Å². The zero-order valence-corrected chi connectivity index (χ0v) is 14.0. The highest BCUT2D eigenvalue weighted by Gasteiger charge is 2.31. The lowest BCUT2D eigenvalue weighted by molar-refractivity contribution is 0.221. The summed E-state index contributed by atoms with van der Waals surface area (Å²) in [6.45, 7) is 0.661. The fourth-order valence-electron chi connectivity index (χ4n) is 3.51. The van der Waals surface area contributed by atoms with Gasteiger partial charge in [0.15, 0.2) is 9.84 Å². The molecule has 2 aliphatic rings. The third kappa shape index (κ3) is 4.47. The second-order valence-corrected chi connectivity index (χ2v) is 8.98. The van der Waals surface area contributed by atoms with Crippen molar-refractivity contribution < 1.29 is 13.2 Å². The molecule has 2 N–H and O–H groups in total. The molecule has 1 aliphatic carbocycles. The average molecular weight is 336 g/mol.